The number of hydrogen-bond donors (Lipinski definition) is 0. The lowest BCUT2D eigenvalue weighted by Crippen LogP contribution is -2.27. The monoisotopic (exact) mass is 390 g/mol. The predicted molar refractivity (Wildman–Crippen MR) is 119 cm³/mol. The van der Waals surface area contributed by atoms with E-state index in [4.69, 9.17) is 11.6 Å². The van der Waals surface area contributed by atoms with Crippen molar-refractivity contribution < 1.29 is 0 Å². The fraction of sp³-hybridized carbons (Fsp3) is 0.360. The molecule has 0 fully saturated rings. The van der Waals surface area contributed by atoms with Gasteiger partial charge in [-0.1, -0.05) is 49.7 Å². The van der Waals surface area contributed by atoms with E-state index < -0.39 is 0 Å². The zero-order chi connectivity index (χ0) is 19.5. The van der Waals surface area contributed by atoms with E-state index in [1.165, 1.54) is 53.2 Å². The van der Waals surface area contributed by atoms with Crippen LogP contribution in [0.5, 0.6) is 0 Å². The molecule has 2 aromatic rings. The van der Waals surface area contributed by atoms with Crippen molar-refractivity contribution in [1.29, 1.82) is 0 Å². The fourth-order valence-corrected chi connectivity index (χ4v) is 5.58. The maximum atomic E-state index is 6.31. The summed E-state index contributed by atoms with van der Waals surface area (Å²) in [5, 5.41) is 0.810. The number of para-hydroxylation sites is 1. The number of fused-ring (bicyclic) bond motifs is 4. The van der Waals surface area contributed by atoms with Crippen LogP contribution in [0.15, 0.2) is 66.0 Å². The SMILES string of the molecule is CN1/C(=C\CN2C3=CCCCC3c3ccccc32)C(C)(C)c2cc(Cl)ccc21. The van der Waals surface area contributed by atoms with Crippen molar-refractivity contribution in [3.63, 3.8) is 0 Å². The van der Waals surface area contributed by atoms with Crippen molar-refractivity contribution in [3.8, 4) is 0 Å². The van der Waals surface area contributed by atoms with Crippen LogP contribution in [0, 0.1) is 0 Å². The molecule has 2 aromatic carbocycles. The molecule has 3 heteroatoms. The Hall–Kier alpha value is -2.19. The lowest BCUT2D eigenvalue weighted by molar-refractivity contribution is 0.624. The lowest BCUT2D eigenvalue weighted by Gasteiger charge is -2.28. The van der Waals surface area contributed by atoms with E-state index >= 15 is 0 Å². The Balaban J connectivity index is 1.52. The second kappa shape index (κ2) is 6.42. The van der Waals surface area contributed by atoms with Crippen molar-refractivity contribution in [2.75, 3.05) is 23.4 Å². The summed E-state index contributed by atoms with van der Waals surface area (Å²) in [6, 6.07) is 15.2. The van der Waals surface area contributed by atoms with Crippen LogP contribution in [0.3, 0.4) is 0 Å². The van der Waals surface area contributed by atoms with Gasteiger partial charge in [0, 0.05) is 52.7 Å². The van der Waals surface area contributed by atoms with E-state index in [1.807, 2.05) is 6.07 Å². The number of rotatable bonds is 2. The molecule has 3 aliphatic rings. The molecule has 28 heavy (non-hydrogen) atoms. The van der Waals surface area contributed by atoms with Crippen LogP contribution in [-0.2, 0) is 5.41 Å². The highest BCUT2D eigenvalue weighted by atomic mass is 35.5. The summed E-state index contributed by atoms with van der Waals surface area (Å²) in [5.74, 6) is 0.577. The van der Waals surface area contributed by atoms with Crippen LogP contribution in [-0.4, -0.2) is 13.6 Å². The number of halogens is 1. The van der Waals surface area contributed by atoms with Gasteiger partial charge in [-0.15, -0.1) is 0 Å². The van der Waals surface area contributed by atoms with Gasteiger partial charge < -0.3 is 9.80 Å². The number of benzene rings is 2. The molecule has 0 amide bonds. The molecule has 0 N–H and O–H groups in total. The van der Waals surface area contributed by atoms with Crippen LogP contribution in [0.2, 0.25) is 5.02 Å². The summed E-state index contributed by atoms with van der Waals surface area (Å²) in [5.41, 5.74) is 8.26. The highest BCUT2D eigenvalue weighted by molar-refractivity contribution is 6.30. The quantitative estimate of drug-likeness (QED) is 0.568. The minimum Gasteiger partial charge on any atom is -0.347 e. The Kier molecular flexibility index (Phi) is 4.10. The van der Waals surface area contributed by atoms with Gasteiger partial charge in [0.2, 0.25) is 0 Å². The molecule has 0 bridgehead atoms. The maximum Gasteiger partial charge on any atom is 0.0450 e. The smallest absolute Gasteiger partial charge is 0.0450 e. The van der Waals surface area contributed by atoms with Crippen LogP contribution in [0.4, 0.5) is 11.4 Å². The molecular weight excluding hydrogens is 364 g/mol. The third kappa shape index (κ3) is 2.54. The molecule has 1 unspecified atom stereocenters. The number of allylic oxidation sites excluding steroid dienone is 3. The summed E-state index contributed by atoms with van der Waals surface area (Å²) in [6.07, 6.45) is 8.64. The van der Waals surface area contributed by atoms with E-state index in [-0.39, 0.29) is 5.41 Å². The number of nitrogens with zero attached hydrogens (tertiary/aromatic N) is 2. The van der Waals surface area contributed by atoms with Gasteiger partial charge in [-0.3, -0.25) is 0 Å². The number of likely N-dealkylation sites (N-methyl/N-ethyl adjacent to an activating group) is 1. The van der Waals surface area contributed by atoms with Crippen molar-refractivity contribution >= 4 is 23.0 Å². The van der Waals surface area contributed by atoms with Gasteiger partial charge in [0.1, 0.15) is 0 Å². The zero-order valence-corrected chi connectivity index (χ0v) is 17.6. The maximum absolute atomic E-state index is 6.31. The number of anilines is 2. The van der Waals surface area contributed by atoms with E-state index in [9.17, 15) is 0 Å². The van der Waals surface area contributed by atoms with E-state index in [2.05, 4.69) is 79.2 Å². The third-order valence-electron chi connectivity index (χ3n) is 6.78. The Morgan fingerprint density at radius 3 is 2.82 bits per heavy atom. The first kappa shape index (κ1) is 17.9. The van der Waals surface area contributed by atoms with E-state index in [0.29, 0.717) is 5.92 Å². The largest absolute Gasteiger partial charge is 0.347 e. The molecule has 1 aliphatic carbocycles. The first-order valence-corrected chi connectivity index (χ1v) is 10.7. The Morgan fingerprint density at radius 1 is 1.14 bits per heavy atom. The Morgan fingerprint density at radius 2 is 1.96 bits per heavy atom. The first-order chi connectivity index (χ1) is 13.5. The molecule has 2 aliphatic heterocycles. The first-order valence-electron chi connectivity index (χ1n) is 10.3. The van der Waals surface area contributed by atoms with Gasteiger partial charge in [-0.05, 0) is 60.7 Å². The average Bonchev–Trinajstić information content (AvgIpc) is 3.10. The van der Waals surface area contributed by atoms with Crippen molar-refractivity contribution in [3.05, 3.63) is 82.2 Å². The summed E-state index contributed by atoms with van der Waals surface area (Å²) < 4.78 is 0. The predicted octanol–water partition coefficient (Wildman–Crippen LogP) is 6.62. The van der Waals surface area contributed by atoms with Crippen LogP contribution < -0.4 is 9.80 Å². The molecule has 2 nitrogen and oxygen atoms in total. The van der Waals surface area contributed by atoms with Gasteiger partial charge in [-0.25, -0.2) is 0 Å². The molecular formula is C25H27ClN2. The van der Waals surface area contributed by atoms with Gasteiger partial charge in [-0.2, -0.15) is 0 Å². The molecule has 0 saturated heterocycles. The van der Waals surface area contributed by atoms with Gasteiger partial charge in [0.05, 0.1) is 0 Å². The van der Waals surface area contributed by atoms with Crippen molar-refractivity contribution in [2.24, 2.45) is 0 Å². The summed E-state index contributed by atoms with van der Waals surface area (Å²) in [6.45, 7) is 5.51. The number of hydrogen-bond acceptors (Lipinski definition) is 2. The molecule has 5 rings (SSSR count). The molecule has 0 radical (unpaired) electrons. The van der Waals surface area contributed by atoms with Crippen molar-refractivity contribution in [1.82, 2.24) is 0 Å². The normalized spacial score (nSPS) is 23.5. The lowest BCUT2D eigenvalue weighted by atomic mass is 9.83. The summed E-state index contributed by atoms with van der Waals surface area (Å²) >= 11 is 6.31. The molecule has 2 heterocycles. The second-order valence-electron chi connectivity index (χ2n) is 8.72. The van der Waals surface area contributed by atoms with Gasteiger partial charge >= 0.3 is 0 Å². The minimum atomic E-state index is -0.0471. The minimum absolute atomic E-state index is 0.0471. The van der Waals surface area contributed by atoms with Crippen LogP contribution in [0.1, 0.15) is 50.2 Å². The Bertz CT molecular complexity index is 1000. The molecule has 1 atom stereocenters. The van der Waals surface area contributed by atoms with Gasteiger partial charge in [0.25, 0.3) is 0 Å². The topological polar surface area (TPSA) is 6.48 Å². The second-order valence-corrected chi connectivity index (χ2v) is 9.15. The van der Waals surface area contributed by atoms with Crippen LogP contribution in [0.25, 0.3) is 0 Å². The zero-order valence-electron chi connectivity index (χ0n) is 16.9. The molecule has 144 valence electrons. The summed E-state index contributed by atoms with van der Waals surface area (Å²) in [7, 11) is 2.17. The molecule has 0 aromatic heterocycles. The summed E-state index contributed by atoms with van der Waals surface area (Å²) in [4.78, 5) is 4.87. The average molecular weight is 391 g/mol. The fourth-order valence-electron chi connectivity index (χ4n) is 5.40. The molecule has 0 saturated carbocycles. The Labute approximate surface area is 173 Å². The highest BCUT2D eigenvalue weighted by Crippen LogP contribution is 2.50. The van der Waals surface area contributed by atoms with Crippen molar-refractivity contribution in [2.45, 2.75) is 44.4 Å². The van der Waals surface area contributed by atoms with Gasteiger partial charge in [0.15, 0.2) is 0 Å². The van der Waals surface area contributed by atoms with E-state index in [0.717, 1.165) is 11.6 Å². The molecule has 0 spiro atoms. The highest BCUT2D eigenvalue weighted by Gasteiger charge is 2.39. The standard InChI is InChI=1S/C25H27ClN2/c1-25(2)20-16-17(26)12-13-23(20)27(3)24(25)14-15-28-21-10-6-4-8-18(21)19-9-5-7-11-22(19)28/h4,6,8,10-14,16,19H,5,7,9,15H2,1-3H3/b24-14-. The van der Waals surface area contributed by atoms with Crippen LogP contribution >= 0.6 is 11.6 Å². The van der Waals surface area contributed by atoms with E-state index in [1.54, 1.807) is 0 Å². The third-order valence-corrected chi connectivity index (χ3v) is 7.02.